The molecule has 2 aromatic rings. The summed E-state index contributed by atoms with van der Waals surface area (Å²) in [5.74, 6) is -0.710. The summed E-state index contributed by atoms with van der Waals surface area (Å²) in [4.78, 5) is 26.8. The van der Waals surface area contributed by atoms with Gasteiger partial charge in [-0.3, -0.25) is 9.59 Å². The fourth-order valence-electron chi connectivity index (χ4n) is 1.38. The molecule has 0 saturated heterocycles. The number of esters is 1. The van der Waals surface area contributed by atoms with E-state index in [1.807, 2.05) is 22.2 Å². The van der Waals surface area contributed by atoms with Crippen molar-refractivity contribution < 1.29 is 14.3 Å². The Kier molecular flexibility index (Phi) is 4.64. The summed E-state index contributed by atoms with van der Waals surface area (Å²) in [6.45, 7) is -0.114. The van der Waals surface area contributed by atoms with E-state index in [2.05, 4.69) is 15.0 Å². The van der Waals surface area contributed by atoms with Crippen LogP contribution in [0.5, 0.6) is 0 Å². The third-order valence-corrected chi connectivity index (χ3v) is 3.94. The van der Waals surface area contributed by atoms with Crippen LogP contribution in [0, 0.1) is 0 Å². The molecule has 0 atom stereocenters. The number of thiazole rings is 1. The minimum atomic E-state index is -0.467. The first-order chi connectivity index (χ1) is 9.19. The van der Waals surface area contributed by atoms with Crippen LogP contribution in [-0.2, 0) is 20.7 Å². The maximum atomic E-state index is 11.6. The second-order valence-corrected chi connectivity index (χ2v) is 5.32. The molecule has 0 radical (unpaired) electrons. The SMILES string of the molecule is COC(=O)CNC(=O)Cc1csc(-c2ccsc2)n1. The van der Waals surface area contributed by atoms with E-state index in [4.69, 9.17) is 0 Å². The van der Waals surface area contributed by atoms with Gasteiger partial charge in [0, 0.05) is 16.3 Å². The number of hydrogen-bond acceptors (Lipinski definition) is 6. The number of nitrogens with one attached hydrogen (secondary N) is 1. The first-order valence-electron chi connectivity index (χ1n) is 5.49. The van der Waals surface area contributed by atoms with Crippen LogP contribution in [0.2, 0.25) is 0 Å². The highest BCUT2D eigenvalue weighted by molar-refractivity contribution is 7.14. The smallest absolute Gasteiger partial charge is 0.325 e. The summed E-state index contributed by atoms with van der Waals surface area (Å²) in [5, 5.41) is 9.23. The van der Waals surface area contributed by atoms with Crippen LogP contribution in [0.3, 0.4) is 0 Å². The fraction of sp³-hybridized carbons (Fsp3) is 0.250. The van der Waals surface area contributed by atoms with Crippen LogP contribution in [0.15, 0.2) is 22.2 Å². The Morgan fingerprint density at radius 3 is 2.95 bits per heavy atom. The van der Waals surface area contributed by atoms with Crippen LogP contribution in [0.25, 0.3) is 10.6 Å². The van der Waals surface area contributed by atoms with Gasteiger partial charge in [0.15, 0.2) is 0 Å². The van der Waals surface area contributed by atoms with E-state index in [1.54, 1.807) is 11.3 Å². The Balaban J connectivity index is 1.89. The van der Waals surface area contributed by atoms with Gasteiger partial charge in [-0.15, -0.1) is 11.3 Å². The van der Waals surface area contributed by atoms with Gasteiger partial charge >= 0.3 is 5.97 Å². The second kappa shape index (κ2) is 6.44. The first kappa shape index (κ1) is 13.7. The summed E-state index contributed by atoms with van der Waals surface area (Å²) in [7, 11) is 1.28. The molecule has 0 aliphatic carbocycles. The van der Waals surface area contributed by atoms with E-state index < -0.39 is 5.97 Å². The summed E-state index contributed by atoms with van der Waals surface area (Å²) in [5.41, 5.74) is 1.77. The van der Waals surface area contributed by atoms with Crippen molar-refractivity contribution in [3.63, 3.8) is 0 Å². The average Bonchev–Trinajstić information content (AvgIpc) is 3.06. The lowest BCUT2D eigenvalue weighted by Gasteiger charge is -2.01. The number of carbonyl (C=O) groups is 2. The lowest BCUT2D eigenvalue weighted by atomic mass is 10.3. The van der Waals surface area contributed by atoms with E-state index in [0.717, 1.165) is 10.6 Å². The minimum Gasteiger partial charge on any atom is -0.468 e. The molecule has 0 unspecified atom stereocenters. The molecule has 100 valence electrons. The van der Waals surface area contributed by atoms with Gasteiger partial charge in [-0.1, -0.05) is 0 Å². The number of thiophene rings is 1. The third kappa shape index (κ3) is 3.87. The normalized spacial score (nSPS) is 10.2. The Bertz CT molecular complexity index is 563. The number of amides is 1. The zero-order chi connectivity index (χ0) is 13.7. The standard InChI is InChI=1S/C12H12N2O3S2/c1-17-11(16)5-13-10(15)4-9-7-19-12(14-9)8-2-3-18-6-8/h2-3,6-7H,4-5H2,1H3,(H,13,15). The van der Waals surface area contributed by atoms with Gasteiger partial charge in [-0.25, -0.2) is 4.98 Å². The molecule has 1 amide bonds. The minimum absolute atomic E-state index is 0.114. The quantitative estimate of drug-likeness (QED) is 0.853. The molecule has 2 rings (SSSR count). The van der Waals surface area contributed by atoms with E-state index in [1.165, 1.54) is 18.4 Å². The molecule has 2 heterocycles. The molecule has 19 heavy (non-hydrogen) atoms. The lowest BCUT2D eigenvalue weighted by molar-refractivity contribution is -0.141. The maximum Gasteiger partial charge on any atom is 0.325 e. The first-order valence-corrected chi connectivity index (χ1v) is 7.32. The summed E-state index contributed by atoms with van der Waals surface area (Å²) < 4.78 is 4.44. The number of rotatable bonds is 5. The Labute approximate surface area is 118 Å². The number of ether oxygens (including phenoxy) is 1. The van der Waals surface area contributed by atoms with E-state index >= 15 is 0 Å². The predicted octanol–water partition coefficient (Wildman–Crippen LogP) is 1.70. The lowest BCUT2D eigenvalue weighted by Crippen LogP contribution is -2.31. The maximum absolute atomic E-state index is 11.6. The Hall–Kier alpha value is -1.73. The van der Waals surface area contributed by atoms with Crippen LogP contribution >= 0.6 is 22.7 Å². The number of hydrogen-bond donors (Lipinski definition) is 1. The van der Waals surface area contributed by atoms with E-state index in [-0.39, 0.29) is 18.9 Å². The van der Waals surface area contributed by atoms with Crippen molar-refractivity contribution >= 4 is 34.6 Å². The molecule has 7 heteroatoms. The molecule has 0 fully saturated rings. The highest BCUT2D eigenvalue weighted by Gasteiger charge is 2.10. The summed E-state index contributed by atoms with van der Waals surface area (Å²) in [6.07, 6.45) is 0.164. The van der Waals surface area contributed by atoms with E-state index in [0.29, 0.717) is 5.69 Å². The van der Waals surface area contributed by atoms with Gasteiger partial charge in [0.25, 0.3) is 0 Å². The highest BCUT2D eigenvalue weighted by Crippen LogP contribution is 2.25. The average molecular weight is 296 g/mol. The molecule has 0 saturated carbocycles. The van der Waals surface area contributed by atoms with Gasteiger partial charge in [-0.2, -0.15) is 11.3 Å². The van der Waals surface area contributed by atoms with Crippen molar-refractivity contribution in [3.05, 3.63) is 27.9 Å². The monoisotopic (exact) mass is 296 g/mol. The van der Waals surface area contributed by atoms with Crippen molar-refractivity contribution in [2.75, 3.05) is 13.7 Å². The van der Waals surface area contributed by atoms with Crippen molar-refractivity contribution in [2.24, 2.45) is 0 Å². The topological polar surface area (TPSA) is 68.3 Å². The molecule has 2 aromatic heterocycles. The third-order valence-electron chi connectivity index (χ3n) is 2.32. The molecular formula is C12H12N2O3S2. The van der Waals surface area contributed by atoms with Crippen molar-refractivity contribution in [3.8, 4) is 10.6 Å². The van der Waals surface area contributed by atoms with Crippen LogP contribution in [-0.4, -0.2) is 30.5 Å². The van der Waals surface area contributed by atoms with Crippen molar-refractivity contribution in [1.82, 2.24) is 10.3 Å². The van der Waals surface area contributed by atoms with Crippen LogP contribution in [0.4, 0.5) is 0 Å². The van der Waals surface area contributed by atoms with Gasteiger partial charge in [0.05, 0.1) is 19.2 Å². The Morgan fingerprint density at radius 1 is 1.42 bits per heavy atom. The number of methoxy groups -OCH3 is 1. The summed E-state index contributed by atoms with van der Waals surface area (Å²) in [6, 6.07) is 1.99. The molecular weight excluding hydrogens is 284 g/mol. The summed E-state index contributed by atoms with van der Waals surface area (Å²) >= 11 is 3.11. The van der Waals surface area contributed by atoms with Gasteiger partial charge < -0.3 is 10.1 Å². The number of aromatic nitrogens is 1. The van der Waals surface area contributed by atoms with Gasteiger partial charge in [0.1, 0.15) is 11.6 Å². The second-order valence-electron chi connectivity index (χ2n) is 3.69. The molecule has 0 aromatic carbocycles. The molecule has 0 spiro atoms. The highest BCUT2D eigenvalue weighted by atomic mass is 32.1. The van der Waals surface area contributed by atoms with Crippen molar-refractivity contribution in [2.45, 2.75) is 6.42 Å². The largest absolute Gasteiger partial charge is 0.468 e. The van der Waals surface area contributed by atoms with Gasteiger partial charge in [-0.05, 0) is 11.4 Å². The fourth-order valence-corrected chi connectivity index (χ4v) is 2.91. The van der Waals surface area contributed by atoms with Crippen molar-refractivity contribution in [1.29, 1.82) is 0 Å². The Morgan fingerprint density at radius 2 is 2.26 bits per heavy atom. The molecule has 1 N–H and O–H groups in total. The number of carbonyl (C=O) groups excluding carboxylic acids is 2. The zero-order valence-corrected chi connectivity index (χ0v) is 11.8. The predicted molar refractivity (Wildman–Crippen MR) is 74.2 cm³/mol. The molecule has 0 aliphatic heterocycles. The molecule has 0 bridgehead atoms. The number of nitrogens with zero attached hydrogens (tertiary/aromatic N) is 1. The molecule has 0 aliphatic rings. The van der Waals surface area contributed by atoms with Crippen LogP contribution < -0.4 is 5.32 Å². The van der Waals surface area contributed by atoms with Gasteiger partial charge in [0.2, 0.25) is 5.91 Å². The van der Waals surface area contributed by atoms with E-state index in [9.17, 15) is 9.59 Å². The van der Waals surface area contributed by atoms with Crippen LogP contribution in [0.1, 0.15) is 5.69 Å². The zero-order valence-electron chi connectivity index (χ0n) is 10.2. The molecule has 5 nitrogen and oxygen atoms in total.